The van der Waals surface area contributed by atoms with Gasteiger partial charge in [-0.1, -0.05) is 17.4 Å². The maximum atomic E-state index is 14.1. The van der Waals surface area contributed by atoms with Gasteiger partial charge in [-0.05, 0) is 37.1 Å². The number of rotatable bonds is 8. The quantitative estimate of drug-likeness (QED) is 0.262. The van der Waals surface area contributed by atoms with E-state index in [9.17, 15) is 22.0 Å². The number of sulfonamides is 1. The Morgan fingerprint density at radius 1 is 1.15 bits per heavy atom. The minimum atomic E-state index is -3.72. The number of carbonyl (C=O) groups excluding carboxylic acids is 1. The zero-order valence-corrected chi connectivity index (χ0v) is 22.8. The average molecular weight is 596 g/mol. The average Bonchev–Trinajstić information content (AvgIpc) is 3.54. The van der Waals surface area contributed by atoms with Crippen LogP contribution in [0.25, 0.3) is 0 Å². The minimum absolute atomic E-state index is 0. The number of benzene rings is 1. The molecular formula is C24H24ClF2N7O3S2. The number of pyridine rings is 1. The van der Waals surface area contributed by atoms with Crippen molar-refractivity contribution in [2.75, 3.05) is 24.1 Å². The molecule has 0 radical (unpaired) electrons. The minimum Gasteiger partial charge on any atom is -0.382 e. The Bertz CT molecular complexity index is 1540. The lowest BCUT2D eigenvalue weighted by Gasteiger charge is -2.31. The van der Waals surface area contributed by atoms with Crippen molar-refractivity contribution in [1.82, 2.24) is 24.2 Å². The molecule has 0 atom stereocenters. The Labute approximate surface area is 233 Å². The van der Waals surface area contributed by atoms with Crippen molar-refractivity contribution in [3.8, 4) is 0 Å². The molecule has 1 aromatic carbocycles. The molecule has 39 heavy (non-hydrogen) atoms. The monoisotopic (exact) mass is 595 g/mol. The van der Waals surface area contributed by atoms with Gasteiger partial charge in [0.1, 0.15) is 33.0 Å². The number of piperidine rings is 1. The van der Waals surface area contributed by atoms with Gasteiger partial charge >= 0.3 is 0 Å². The third-order valence-corrected chi connectivity index (χ3v) is 9.05. The highest BCUT2D eigenvalue weighted by atomic mass is 35.5. The third-order valence-electron chi connectivity index (χ3n) is 6.17. The van der Waals surface area contributed by atoms with E-state index in [1.54, 1.807) is 24.5 Å². The standard InChI is InChI=1S/C24H23F2N7O3S2.ClH/c25-17-2-1-3-18(26)20(17)21(34)22-23(27)32-24(37-22)31-14-6-10-33(11-7-14)38(35,36)16-5-4-15(30-13-16)12-19-28-8-9-29-19;/h1-5,8-9,13-14H,6-7,10-12,27H2,(H,28,29)(H,31,32);1H. The SMILES string of the molecule is Cl.Nc1nc(NC2CCN(S(=O)(=O)c3ccc(Cc4ncc[nH]4)nc3)CC2)sc1C(=O)c1c(F)cccc1F. The first-order chi connectivity index (χ1) is 18.2. The first kappa shape index (κ1) is 28.5. The van der Waals surface area contributed by atoms with E-state index >= 15 is 0 Å². The molecule has 0 saturated carbocycles. The zero-order chi connectivity index (χ0) is 26.9. The van der Waals surface area contributed by atoms with Crippen molar-refractivity contribution in [2.45, 2.75) is 30.2 Å². The number of hydrogen-bond acceptors (Lipinski definition) is 9. The van der Waals surface area contributed by atoms with Crippen molar-refractivity contribution >= 4 is 50.5 Å². The van der Waals surface area contributed by atoms with E-state index in [1.807, 2.05) is 0 Å². The molecule has 3 aromatic heterocycles. The molecule has 0 bridgehead atoms. The number of thiazole rings is 1. The number of ketones is 1. The number of nitrogen functional groups attached to an aromatic ring is 1. The lowest BCUT2D eigenvalue weighted by Crippen LogP contribution is -2.42. The van der Waals surface area contributed by atoms with Gasteiger partial charge in [0.2, 0.25) is 15.8 Å². The van der Waals surface area contributed by atoms with E-state index < -0.39 is 33.0 Å². The van der Waals surface area contributed by atoms with E-state index in [0.29, 0.717) is 30.1 Å². The molecule has 0 unspecified atom stereocenters. The summed E-state index contributed by atoms with van der Waals surface area (Å²) < 4.78 is 55.7. The van der Waals surface area contributed by atoms with Crippen LogP contribution < -0.4 is 11.1 Å². The van der Waals surface area contributed by atoms with Crippen LogP contribution in [0.1, 0.15) is 39.6 Å². The fraction of sp³-hybridized carbons (Fsp3) is 0.250. The number of aromatic nitrogens is 4. The zero-order valence-electron chi connectivity index (χ0n) is 20.3. The maximum absolute atomic E-state index is 14.1. The number of carbonyl (C=O) groups is 1. The molecule has 5 rings (SSSR count). The highest BCUT2D eigenvalue weighted by Crippen LogP contribution is 2.31. The first-order valence-electron chi connectivity index (χ1n) is 11.7. The van der Waals surface area contributed by atoms with E-state index in [4.69, 9.17) is 5.73 Å². The van der Waals surface area contributed by atoms with Gasteiger partial charge in [-0.2, -0.15) is 4.31 Å². The Morgan fingerprint density at radius 3 is 2.49 bits per heavy atom. The molecule has 0 aliphatic carbocycles. The largest absolute Gasteiger partial charge is 0.382 e. The summed E-state index contributed by atoms with van der Waals surface area (Å²) in [5.41, 5.74) is 5.88. The maximum Gasteiger partial charge on any atom is 0.244 e. The molecule has 15 heteroatoms. The molecule has 1 saturated heterocycles. The van der Waals surface area contributed by atoms with Gasteiger partial charge in [-0.3, -0.25) is 9.78 Å². The predicted octanol–water partition coefficient (Wildman–Crippen LogP) is 3.63. The van der Waals surface area contributed by atoms with Crippen LogP contribution in [-0.2, 0) is 16.4 Å². The van der Waals surface area contributed by atoms with Crippen LogP contribution in [-0.4, -0.2) is 57.6 Å². The van der Waals surface area contributed by atoms with Crippen LogP contribution in [0.4, 0.5) is 19.7 Å². The summed E-state index contributed by atoms with van der Waals surface area (Å²) >= 11 is 0.902. The van der Waals surface area contributed by atoms with Gasteiger partial charge in [0.25, 0.3) is 0 Å². The molecule has 4 N–H and O–H groups in total. The van der Waals surface area contributed by atoms with Gasteiger partial charge in [-0.15, -0.1) is 12.4 Å². The summed E-state index contributed by atoms with van der Waals surface area (Å²) in [6.07, 6.45) is 6.13. The van der Waals surface area contributed by atoms with Gasteiger partial charge < -0.3 is 16.0 Å². The Hall–Kier alpha value is -3.46. The number of nitrogens with one attached hydrogen (secondary N) is 2. The summed E-state index contributed by atoms with van der Waals surface area (Å²) in [6, 6.07) is 6.25. The fourth-order valence-electron chi connectivity index (χ4n) is 4.18. The summed E-state index contributed by atoms with van der Waals surface area (Å²) in [4.78, 5) is 28.3. The van der Waals surface area contributed by atoms with Crippen LogP contribution in [0.2, 0.25) is 0 Å². The van der Waals surface area contributed by atoms with E-state index in [-0.39, 0.29) is 47.1 Å². The van der Waals surface area contributed by atoms with Crippen LogP contribution >= 0.6 is 23.7 Å². The second-order valence-electron chi connectivity index (χ2n) is 8.68. The van der Waals surface area contributed by atoms with Crippen molar-refractivity contribution in [3.05, 3.63) is 82.5 Å². The van der Waals surface area contributed by atoms with Gasteiger partial charge in [0.15, 0.2) is 5.13 Å². The molecule has 10 nitrogen and oxygen atoms in total. The molecule has 0 amide bonds. The summed E-state index contributed by atoms with van der Waals surface area (Å²) in [6.45, 7) is 0.530. The van der Waals surface area contributed by atoms with Crippen molar-refractivity contribution in [1.29, 1.82) is 0 Å². The molecule has 1 aliphatic heterocycles. The van der Waals surface area contributed by atoms with Crippen LogP contribution in [0.5, 0.6) is 0 Å². The number of nitrogens with two attached hydrogens (primary N) is 1. The number of imidazole rings is 1. The van der Waals surface area contributed by atoms with Crippen molar-refractivity contribution in [3.63, 3.8) is 0 Å². The number of nitrogens with zero attached hydrogens (tertiary/aromatic N) is 4. The third kappa shape index (κ3) is 6.08. The molecule has 1 fully saturated rings. The smallest absolute Gasteiger partial charge is 0.244 e. The Kier molecular flexibility index (Phi) is 8.59. The van der Waals surface area contributed by atoms with Crippen molar-refractivity contribution in [2.24, 2.45) is 0 Å². The van der Waals surface area contributed by atoms with Gasteiger partial charge in [0, 0.05) is 49.8 Å². The van der Waals surface area contributed by atoms with E-state index in [0.717, 1.165) is 29.3 Å². The van der Waals surface area contributed by atoms with Crippen LogP contribution in [0.15, 0.2) is 53.8 Å². The van der Waals surface area contributed by atoms with Crippen LogP contribution in [0, 0.1) is 11.6 Å². The lowest BCUT2D eigenvalue weighted by atomic mass is 10.1. The summed E-state index contributed by atoms with van der Waals surface area (Å²) in [5, 5.41) is 3.48. The Morgan fingerprint density at radius 2 is 1.87 bits per heavy atom. The summed E-state index contributed by atoms with van der Waals surface area (Å²) in [5.74, 6) is -2.23. The fourth-order valence-corrected chi connectivity index (χ4v) is 6.51. The molecule has 0 spiro atoms. The number of halogens is 3. The van der Waals surface area contributed by atoms with Gasteiger partial charge in [0.05, 0.1) is 5.56 Å². The molecule has 206 valence electrons. The highest BCUT2D eigenvalue weighted by molar-refractivity contribution is 7.89. The summed E-state index contributed by atoms with van der Waals surface area (Å²) in [7, 11) is -3.72. The Balaban J connectivity index is 0.00000353. The molecule has 4 aromatic rings. The lowest BCUT2D eigenvalue weighted by molar-refractivity contribution is 0.103. The molecule has 1 aliphatic rings. The topological polar surface area (TPSA) is 147 Å². The molecular weight excluding hydrogens is 572 g/mol. The molecule has 4 heterocycles. The first-order valence-corrected chi connectivity index (χ1v) is 13.9. The van der Waals surface area contributed by atoms with E-state index in [2.05, 4.69) is 25.3 Å². The van der Waals surface area contributed by atoms with Crippen LogP contribution in [0.3, 0.4) is 0 Å². The van der Waals surface area contributed by atoms with E-state index in [1.165, 1.54) is 16.6 Å². The van der Waals surface area contributed by atoms with Crippen molar-refractivity contribution < 1.29 is 22.0 Å². The predicted molar refractivity (Wildman–Crippen MR) is 145 cm³/mol. The normalized spacial score (nSPS) is 14.6. The second kappa shape index (κ2) is 11.7. The number of H-pyrrole nitrogens is 1. The number of anilines is 2. The number of aromatic amines is 1. The second-order valence-corrected chi connectivity index (χ2v) is 11.6. The highest BCUT2D eigenvalue weighted by Gasteiger charge is 2.31. The number of hydrogen-bond donors (Lipinski definition) is 3. The van der Waals surface area contributed by atoms with Gasteiger partial charge in [-0.25, -0.2) is 27.2 Å².